The molecule has 0 radical (unpaired) electrons. The first-order chi connectivity index (χ1) is 21.3. The summed E-state index contributed by atoms with van der Waals surface area (Å²) >= 11 is 0. The quantitative estimate of drug-likeness (QED) is 0.0365. The van der Waals surface area contributed by atoms with Crippen molar-refractivity contribution in [2.75, 3.05) is 6.61 Å². The number of amides is 1. The van der Waals surface area contributed by atoms with Crippen molar-refractivity contribution in [1.29, 1.82) is 0 Å². The maximum atomic E-state index is 12.5. The number of hydrogen-bond acceptors (Lipinski definition) is 5. The first kappa shape index (κ1) is 43.0. The van der Waals surface area contributed by atoms with Gasteiger partial charge in [0.1, 0.15) is 0 Å². The van der Waals surface area contributed by atoms with Crippen LogP contribution in [0.4, 0.5) is 0 Å². The largest absolute Gasteiger partial charge is 0.397 e. The lowest BCUT2D eigenvalue weighted by atomic mass is 10.0. The van der Waals surface area contributed by atoms with Crippen molar-refractivity contribution in [2.24, 2.45) is 0 Å². The van der Waals surface area contributed by atoms with Crippen LogP contribution in [0, 0.1) is 0 Å². The summed E-state index contributed by atoms with van der Waals surface area (Å²) in [4.78, 5) is 12.5. The van der Waals surface area contributed by atoms with Crippen LogP contribution in [-0.2, 0) is 19.4 Å². The molecule has 2 atom stereocenters. The second-order valence-electron chi connectivity index (χ2n) is 12.8. The van der Waals surface area contributed by atoms with E-state index in [-0.39, 0.29) is 5.91 Å². The molecule has 1 amide bonds. The fourth-order valence-corrected chi connectivity index (χ4v) is 5.94. The maximum Gasteiger partial charge on any atom is 0.397 e. The van der Waals surface area contributed by atoms with E-state index < -0.39 is 29.2 Å². The highest BCUT2D eigenvalue weighted by atomic mass is 32.3. The summed E-state index contributed by atoms with van der Waals surface area (Å²) in [5, 5.41) is 13.3. The van der Waals surface area contributed by atoms with Gasteiger partial charge in [-0.25, -0.2) is 4.18 Å². The van der Waals surface area contributed by atoms with E-state index in [0.717, 1.165) is 38.5 Å². The smallest absolute Gasteiger partial charge is 0.387 e. The molecule has 3 N–H and O–H groups in total. The lowest BCUT2D eigenvalue weighted by Gasteiger charge is -2.21. The average molecular weight is 646 g/mol. The van der Waals surface area contributed by atoms with Gasteiger partial charge in [-0.15, -0.1) is 0 Å². The van der Waals surface area contributed by atoms with Crippen LogP contribution in [0.2, 0.25) is 0 Å². The van der Waals surface area contributed by atoms with Gasteiger partial charge in [-0.1, -0.05) is 180 Å². The first-order valence-electron chi connectivity index (χ1n) is 18.6. The Bertz CT molecular complexity index is 758. The van der Waals surface area contributed by atoms with Gasteiger partial charge in [0.05, 0.1) is 18.8 Å². The number of unbranched alkanes of at least 4 members (excludes halogenated alkanes) is 25. The molecule has 0 saturated heterocycles. The Kier molecular flexibility index (Phi) is 31.3. The van der Waals surface area contributed by atoms with Gasteiger partial charge in [0, 0.05) is 6.42 Å². The molecular formula is C36H71NO6S. The van der Waals surface area contributed by atoms with Crippen LogP contribution in [0.1, 0.15) is 194 Å². The Morgan fingerprint density at radius 3 is 1.39 bits per heavy atom. The third-order valence-corrected chi connectivity index (χ3v) is 8.90. The number of hydrogen-bond donors (Lipinski definition) is 3. The normalized spacial score (nSPS) is 13.5. The molecule has 44 heavy (non-hydrogen) atoms. The number of allylic oxidation sites excluding steroid dienone is 1. The van der Waals surface area contributed by atoms with Gasteiger partial charge in [0.15, 0.2) is 0 Å². The maximum absolute atomic E-state index is 12.5. The molecule has 0 aromatic rings. The minimum Gasteiger partial charge on any atom is -0.387 e. The van der Waals surface area contributed by atoms with E-state index in [1.807, 2.05) is 6.08 Å². The van der Waals surface area contributed by atoms with Crippen LogP contribution in [0.25, 0.3) is 0 Å². The summed E-state index contributed by atoms with van der Waals surface area (Å²) in [6, 6.07) is -0.950. The summed E-state index contributed by atoms with van der Waals surface area (Å²) < 4.78 is 35.6. The summed E-state index contributed by atoms with van der Waals surface area (Å²) in [7, 11) is -4.67. The van der Waals surface area contributed by atoms with E-state index in [4.69, 9.17) is 4.55 Å². The third kappa shape index (κ3) is 32.4. The van der Waals surface area contributed by atoms with Gasteiger partial charge >= 0.3 is 10.4 Å². The number of carbonyl (C=O) groups excluding carboxylic acids is 1. The lowest BCUT2D eigenvalue weighted by Crippen LogP contribution is -2.46. The van der Waals surface area contributed by atoms with Crippen molar-refractivity contribution >= 4 is 16.3 Å². The molecule has 0 aromatic carbocycles. The summed E-state index contributed by atoms with van der Waals surface area (Å²) in [5.41, 5.74) is 0. The molecule has 0 rings (SSSR count). The van der Waals surface area contributed by atoms with Crippen molar-refractivity contribution in [3.8, 4) is 0 Å². The van der Waals surface area contributed by atoms with Crippen LogP contribution in [0.5, 0.6) is 0 Å². The standard InChI is InChI=1S/C36H71NO6S/c1-3-5-7-9-11-13-15-17-18-20-22-24-26-28-30-32-36(39)37-34(33-43-44(40,41)42)35(38)31-29-27-25-23-21-19-16-14-12-10-8-6-4-2/h29,31,34-35,38H,3-28,30,32-33H2,1-2H3,(H,37,39)(H,40,41,42). The van der Waals surface area contributed by atoms with Crippen molar-refractivity contribution in [3.63, 3.8) is 0 Å². The second-order valence-corrected chi connectivity index (χ2v) is 13.9. The van der Waals surface area contributed by atoms with E-state index in [9.17, 15) is 18.3 Å². The third-order valence-electron chi connectivity index (χ3n) is 8.47. The minimum absolute atomic E-state index is 0.249. The van der Waals surface area contributed by atoms with Crippen LogP contribution >= 0.6 is 0 Å². The molecule has 2 unspecified atom stereocenters. The van der Waals surface area contributed by atoms with Gasteiger partial charge in [0.25, 0.3) is 0 Å². The Labute approximate surface area is 272 Å². The highest BCUT2D eigenvalue weighted by Gasteiger charge is 2.22. The SMILES string of the molecule is CCCCCCCCCCCCCC=CC(O)C(COS(=O)(=O)O)NC(=O)CCCCCCCCCCCCCCCCC. The van der Waals surface area contributed by atoms with Crippen LogP contribution in [-0.4, -0.2) is 42.7 Å². The summed E-state index contributed by atoms with van der Waals surface area (Å²) in [6.45, 7) is 3.98. The molecule has 0 aromatic heterocycles. The molecule has 8 heteroatoms. The number of aliphatic hydroxyl groups is 1. The Morgan fingerprint density at radius 1 is 0.636 bits per heavy atom. The molecule has 262 valence electrons. The highest BCUT2D eigenvalue weighted by Crippen LogP contribution is 2.15. The molecule has 0 aliphatic heterocycles. The predicted molar refractivity (Wildman–Crippen MR) is 185 cm³/mol. The topological polar surface area (TPSA) is 113 Å². The number of aliphatic hydroxyl groups excluding tert-OH is 1. The van der Waals surface area contributed by atoms with E-state index in [1.165, 1.54) is 135 Å². The Balaban J connectivity index is 4.03. The van der Waals surface area contributed by atoms with E-state index in [2.05, 4.69) is 23.3 Å². The molecule has 0 saturated carbocycles. The van der Waals surface area contributed by atoms with Gasteiger partial charge in [-0.3, -0.25) is 9.35 Å². The molecular weight excluding hydrogens is 574 g/mol. The Hall–Kier alpha value is -0.960. The van der Waals surface area contributed by atoms with Gasteiger partial charge in [-0.2, -0.15) is 8.42 Å². The fourth-order valence-electron chi connectivity index (χ4n) is 5.62. The molecule has 0 spiro atoms. The van der Waals surface area contributed by atoms with E-state index in [0.29, 0.717) is 6.42 Å². The average Bonchev–Trinajstić information content (AvgIpc) is 2.99. The molecule has 0 bridgehead atoms. The monoisotopic (exact) mass is 646 g/mol. The minimum atomic E-state index is -4.67. The molecule has 0 heterocycles. The predicted octanol–water partition coefficient (Wildman–Crippen LogP) is 10.2. The molecule has 7 nitrogen and oxygen atoms in total. The van der Waals surface area contributed by atoms with E-state index >= 15 is 0 Å². The fraction of sp³-hybridized carbons (Fsp3) is 0.917. The van der Waals surface area contributed by atoms with Crippen molar-refractivity contribution in [3.05, 3.63) is 12.2 Å². The second kappa shape index (κ2) is 32.0. The highest BCUT2D eigenvalue weighted by molar-refractivity contribution is 7.80. The van der Waals surface area contributed by atoms with E-state index in [1.54, 1.807) is 6.08 Å². The van der Waals surface area contributed by atoms with Crippen LogP contribution in [0.3, 0.4) is 0 Å². The zero-order valence-corrected chi connectivity index (χ0v) is 29.6. The Morgan fingerprint density at radius 2 is 1.00 bits per heavy atom. The molecule has 0 fully saturated rings. The summed E-state index contributed by atoms with van der Waals surface area (Å²) in [6.07, 6.45) is 36.3. The van der Waals surface area contributed by atoms with Gasteiger partial charge in [-0.05, 0) is 19.3 Å². The van der Waals surface area contributed by atoms with Crippen LogP contribution in [0.15, 0.2) is 12.2 Å². The van der Waals surface area contributed by atoms with Gasteiger partial charge in [0.2, 0.25) is 5.91 Å². The van der Waals surface area contributed by atoms with Crippen molar-refractivity contribution in [2.45, 2.75) is 206 Å². The zero-order chi connectivity index (χ0) is 32.6. The zero-order valence-electron chi connectivity index (χ0n) is 28.8. The number of nitrogens with one attached hydrogen (secondary N) is 1. The summed E-state index contributed by atoms with van der Waals surface area (Å²) in [5.74, 6) is -0.249. The molecule has 0 aliphatic carbocycles. The van der Waals surface area contributed by atoms with Crippen molar-refractivity contribution < 1.29 is 27.1 Å². The first-order valence-corrected chi connectivity index (χ1v) is 19.9. The number of carbonyl (C=O) groups is 1. The molecule has 0 aliphatic rings. The van der Waals surface area contributed by atoms with Gasteiger partial charge < -0.3 is 10.4 Å². The van der Waals surface area contributed by atoms with Crippen molar-refractivity contribution in [1.82, 2.24) is 5.32 Å². The lowest BCUT2D eigenvalue weighted by molar-refractivity contribution is -0.122. The van der Waals surface area contributed by atoms with Crippen LogP contribution < -0.4 is 5.32 Å². The number of rotatable bonds is 34.